The second-order valence-electron chi connectivity index (χ2n) is 7.98. The Balaban J connectivity index is 1.35. The van der Waals surface area contributed by atoms with Gasteiger partial charge in [-0.2, -0.15) is 0 Å². The fraction of sp³-hybridized carbons (Fsp3) is 0.240. The predicted octanol–water partition coefficient (Wildman–Crippen LogP) is 4.36. The molecule has 1 aromatic heterocycles. The number of methoxy groups -OCH3 is 1. The molecular formula is C25H24F2N4O3S. The smallest absolute Gasteiger partial charge is 0.246 e. The largest absolute Gasteiger partial charge is 0.496 e. The number of nitrogens with two attached hydrogens (primary N) is 1. The molecule has 3 N–H and O–H groups in total. The highest BCUT2D eigenvalue weighted by molar-refractivity contribution is 7.18. The summed E-state index contributed by atoms with van der Waals surface area (Å²) in [5.74, 6) is -2.22. The number of hydrogen-bond acceptors (Lipinski definition) is 7. The molecule has 1 saturated heterocycles. The first-order valence-electron chi connectivity index (χ1n) is 11.0. The lowest BCUT2D eigenvalue weighted by atomic mass is 10.1. The number of nitrogens with zero attached hydrogens (tertiary/aromatic N) is 2. The molecule has 4 rings (SSSR count). The molecule has 0 atom stereocenters. The first-order valence-corrected chi connectivity index (χ1v) is 11.8. The van der Waals surface area contributed by atoms with Crippen LogP contribution in [0.15, 0.2) is 48.5 Å². The van der Waals surface area contributed by atoms with Crippen LogP contribution in [-0.2, 0) is 4.79 Å². The zero-order valence-electron chi connectivity index (χ0n) is 19.0. The van der Waals surface area contributed by atoms with Crippen molar-refractivity contribution >= 4 is 40.1 Å². The molecule has 0 spiro atoms. The van der Waals surface area contributed by atoms with Crippen LogP contribution in [0.3, 0.4) is 0 Å². The van der Waals surface area contributed by atoms with Gasteiger partial charge >= 0.3 is 0 Å². The summed E-state index contributed by atoms with van der Waals surface area (Å²) in [5, 5.41) is 3.62. The zero-order chi connectivity index (χ0) is 24.9. The van der Waals surface area contributed by atoms with Gasteiger partial charge in [0.1, 0.15) is 28.1 Å². The molecular weight excluding hydrogens is 474 g/mol. The molecule has 2 heterocycles. The van der Waals surface area contributed by atoms with Crippen LogP contribution in [0, 0.1) is 11.6 Å². The molecule has 3 aromatic rings. The minimum Gasteiger partial charge on any atom is -0.496 e. The second-order valence-corrected chi connectivity index (χ2v) is 8.98. The normalized spacial score (nSPS) is 14.3. The summed E-state index contributed by atoms with van der Waals surface area (Å²) in [7, 11) is 1.58. The minimum atomic E-state index is -0.950. The summed E-state index contributed by atoms with van der Waals surface area (Å²) >= 11 is 0.956. The Hall–Kier alpha value is -3.79. The molecule has 1 amide bonds. The number of ether oxygens (including phenoxy) is 1. The summed E-state index contributed by atoms with van der Waals surface area (Å²) in [6.45, 7) is 1.08. The van der Waals surface area contributed by atoms with Gasteiger partial charge in [-0.05, 0) is 37.1 Å². The molecule has 0 aliphatic carbocycles. The number of carbonyl (C=O) groups is 2. The Morgan fingerprint density at radius 2 is 1.83 bits per heavy atom. The van der Waals surface area contributed by atoms with Crippen molar-refractivity contribution in [2.75, 3.05) is 31.2 Å². The predicted molar refractivity (Wildman–Crippen MR) is 132 cm³/mol. The lowest BCUT2D eigenvalue weighted by molar-refractivity contribution is -0.126. The van der Waals surface area contributed by atoms with E-state index < -0.39 is 23.0 Å². The van der Waals surface area contributed by atoms with Gasteiger partial charge in [0.2, 0.25) is 11.7 Å². The summed E-state index contributed by atoms with van der Waals surface area (Å²) in [5.41, 5.74) is 6.04. The Bertz CT molecular complexity index is 1250. The number of piperidine rings is 1. The van der Waals surface area contributed by atoms with E-state index in [1.807, 2.05) is 24.3 Å². The van der Waals surface area contributed by atoms with Gasteiger partial charge in [0.25, 0.3) is 0 Å². The van der Waals surface area contributed by atoms with Crippen LogP contribution in [0.25, 0.3) is 6.08 Å². The summed E-state index contributed by atoms with van der Waals surface area (Å²) < 4.78 is 33.3. The number of carbonyl (C=O) groups excluding carboxylic acids is 2. The van der Waals surface area contributed by atoms with Crippen molar-refractivity contribution in [3.63, 3.8) is 0 Å². The van der Waals surface area contributed by atoms with Gasteiger partial charge < -0.3 is 20.7 Å². The van der Waals surface area contributed by atoms with Crippen molar-refractivity contribution in [3.05, 3.63) is 76.2 Å². The van der Waals surface area contributed by atoms with Gasteiger partial charge in [-0.3, -0.25) is 9.59 Å². The third-order valence-corrected chi connectivity index (χ3v) is 6.73. The molecule has 0 saturated carbocycles. The maximum atomic E-state index is 14.0. The van der Waals surface area contributed by atoms with Crippen molar-refractivity contribution in [1.29, 1.82) is 0 Å². The molecule has 7 nitrogen and oxygen atoms in total. The maximum Gasteiger partial charge on any atom is 0.246 e. The van der Waals surface area contributed by atoms with Gasteiger partial charge in [-0.15, -0.1) is 0 Å². The van der Waals surface area contributed by atoms with Gasteiger partial charge in [0.05, 0.1) is 12.7 Å². The summed E-state index contributed by atoms with van der Waals surface area (Å²) in [6.07, 6.45) is 4.60. The monoisotopic (exact) mass is 498 g/mol. The number of aromatic nitrogens is 1. The lowest BCUT2D eigenvalue weighted by Crippen LogP contribution is -2.41. The van der Waals surface area contributed by atoms with E-state index in [0.717, 1.165) is 29.0 Å². The van der Waals surface area contributed by atoms with Gasteiger partial charge in [0, 0.05) is 30.8 Å². The molecule has 0 bridgehead atoms. The van der Waals surface area contributed by atoms with E-state index in [1.165, 1.54) is 12.1 Å². The van der Waals surface area contributed by atoms with Crippen molar-refractivity contribution < 1.29 is 23.1 Å². The standard InChI is InChI=1S/C25H24F2N4O3S/c1-34-19-8-3-2-5-15(19)9-10-20(32)31-13-11-16(12-14-31)29-25-30-24(28)23(35-25)22(33)21-17(26)6-4-7-18(21)27/h2-10,16H,11-14,28H2,1H3,(H,29,30)/b10-9-. The van der Waals surface area contributed by atoms with Gasteiger partial charge in [-0.25, -0.2) is 13.8 Å². The van der Waals surface area contributed by atoms with E-state index in [9.17, 15) is 18.4 Å². The highest BCUT2D eigenvalue weighted by Crippen LogP contribution is 2.30. The Labute approximate surface area is 205 Å². The van der Waals surface area contributed by atoms with Crippen LogP contribution in [0.1, 0.15) is 33.6 Å². The van der Waals surface area contributed by atoms with Gasteiger partial charge in [-0.1, -0.05) is 35.6 Å². The third kappa shape index (κ3) is 5.48. The molecule has 1 aliphatic heterocycles. The highest BCUT2D eigenvalue weighted by Gasteiger charge is 2.26. The molecule has 0 radical (unpaired) electrons. The molecule has 2 aromatic carbocycles. The van der Waals surface area contributed by atoms with Crippen LogP contribution >= 0.6 is 11.3 Å². The average Bonchev–Trinajstić information content (AvgIpc) is 3.22. The number of benzene rings is 2. The van der Waals surface area contributed by atoms with Crippen molar-refractivity contribution in [1.82, 2.24) is 9.88 Å². The number of nitrogens with one attached hydrogen (secondary N) is 1. The minimum absolute atomic E-state index is 0.0101. The quantitative estimate of drug-likeness (QED) is 0.371. The zero-order valence-corrected chi connectivity index (χ0v) is 19.8. The molecule has 1 aliphatic rings. The number of likely N-dealkylation sites (tertiary alicyclic amines) is 1. The fourth-order valence-electron chi connectivity index (χ4n) is 3.87. The Morgan fingerprint density at radius 3 is 2.51 bits per heavy atom. The van der Waals surface area contributed by atoms with Crippen LogP contribution in [0.4, 0.5) is 19.7 Å². The summed E-state index contributed by atoms with van der Waals surface area (Å²) in [4.78, 5) is 31.2. The number of amides is 1. The molecule has 10 heteroatoms. The van der Waals surface area contributed by atoms with E-state index >= 15 is 0 Å². The maximum absolute atomic E-state index is 14.0. The van der Waals surface area contributed by atoms with Crippen molar-refractivity contribution in [3.8, 4) is 5.75 Å². The fourth-order valence-corrected chi connectivity index (χ4v) is 4.78. The highest BCUT2D eigenvalue weighted by atomic mass is 32.1. The number of hydrogen-bond donors (Lipinski definition) is 2. The first-order chi connectivity index (χ1) is 16.9. The van der Waals surface area contributed by atoms with Gasteiger partial charge in [0.15, 0.2) is 5.13 Å². The van der Waals surface area contributed by atoms with E-state index in [2.05, 4.69) is 10.3 Å². The van der Waals surface area contributed by atoms with Crippen LogP contribution in [-0.4, -0.2) is 47.8 Å². The lowest BCUT2D eigenvalue weighted by Gasteiger charge is -2.31. The number of rotatable bonds is 7. The van der Waals surface area contributed by atoms with Crippen molar-refractivity contribution in [2.24, 2.45) is 0 Å². The van der Waals surface area contributed by atoms with E-state index in [4.69, 9.17) is 10.5 Å². The van der Waals surface area contributed by atoms with E-state index in [-0.39, 0.29) is 22.6 Å². The number of nitrogen functional groups attached to an aromatic ring is 1. The topological polar surface area (TPSA) is 97.6 Å². The molecule has 182 valence electrons. The van der Waals surface area contributed by atoms with Crippen LogP contribution in [0.5, 0.6) is 5.75 Å². The van der Waals surface area contributed by atoms with E-state index in [0.29, 0.717) is 36.8 Å². The SMILES string of the molecule is COc1ccccc1/C=C\C(=O)N1CCC(Nc2nc(N)c(C(=O)c3c(F)cccc3F)s2)CC1. The van der Waals surface area contributed by atoms with Crippen LogP contribution in [0.2, 0.25) is 0 Å². The molecule has 35 heavy (non-hydrogen) atoms. The number of anilines is 2. The number of para-hydroxylation sites is 1. The van der Waals surface area contributed by atoms with E-state index in [1.54, 1.807) is 18.1 Å². The van der Waals surface area contributed by atoms with Crippen LogP contribution < -0.4 is 15.8 Å². The second kappa shape index (κ2) is 10.6. The summed E-state index contributed by atoms with van der Waals surface area (Å²) in [6, 6.07) is 10.7. The number of thiazole rings is 1. The Morgan fingerprint density at radius 1 is 1.14 bits per heavy atom. The Kier molecular flexibility index (Phi) is 7.40. The average molecular weight is 499 g/mol. The molecule has 0 unspecified atom stereocenters. The molecule has 1 fully saturated rings. The third-order valence-electron chi connectivity index (χ3n) is 5.73. The number of ketones is 1. The van der Waals surface area contributed by atoms with Crippen molar-refractivity contribution in [2.45, 2.75) is 18.9 Å². The number of halogens is 2. The first kappa shape index (κ1) is 24.3.